The first-order valence-electron chi connectivity index (χ1n) is 7.65. The Bertz CT molecular complexity index is 627. The Labute approximate surface area is 133 Å². The van der Waals surface area contributed by atoms with E-state index in [-0.39, 0.29) is 11.9 Å². The monoisotopic (exact) mass is 293 g/mol. The summed E-state index contributed by atoms with van der Waals surface area (Å²) in [6.45, 7) is 6.77. The zero-order valence-corrected chi connectivity index (χ0v) is 13.5. The van der Waals surface area contributed by atoms with E-state index in [0.717, 1.165) is 11.1 Å². The predicted molar refractivity (Wildman–Crippen MR) is 92.3 cm³/mol. The quantitative estimate of drug-likeness (QED) is 0.746. The standard InChI is InChI=1S/C20H23NO/c1-16(2)21(15-19-7-5-4-6-8-19)20(22)14-13-18-11-9-17(3)10-12-18/h4-14,16H,15H2,1-3H3/b14-13+. The summed E-state index contributed by atoms with van der Waals surface area (Å²) in [6, 6.07) is 18.4. The van der Waals surface area contributed by atoms with E-state index in [1.165, 1.54) is 5.56 Å². The van der Waals surface area contributed by atoms with Crippen LogP contribution in [0.15, 0.2) is 60.7 Å². The SMILES string of the molecule is Cc1ccc(/C=C/C(=O)N(Cc2ccccc2)C(C)C)cc1. The molecule has 2 nitrogen and oxygen atoms in total. The number of aryl methyl sites for hydroxylation is 1. The Morgan fingerprint density at radius 1 is 1.05 bits per heavy atom. The van der Waals surface area contributed by atoms with Gasteiger partial charge in [0, 0.05) is 18.7 Å². The molecular weight excluding hydrogens is 270 g/mol. The molecule has 2 heteroatoms. The topological polar surface area (TPSA) is 20.3 Å². The number of carbonyl (C=O) groups excluding carboxylic acids is 1. The van der Waals surface area contributed by atoms with Crippen LogP contribution in [-0.4, -0.2) is 16.8 Å². The van der Waals surface area contributed by atoms with Crippen LogP contribution >= 0.6 is 0 Å². The second-order valence-electron chi connectivity index (χ2n) is 5.79. The van der Waals surface area contributed by atoms with Crippen molar-refractivity contribution < 1.29 is 4.79 Å². The molecule has 0 aliphatic rings. The third-order valence-electron chi connectivity index (χ3n) is 3.60. The molecule has 0 atom stereocenters. The lowest BCUT2D eigenvalue weighted by Crippen LogP contribution is -2.35. The van der Waals surface area contributed by atoms with E-state index >= 15 is 0 Å². The first-order chi connectivity index (χ1) is 10.6. The van der Waals surface area contributed by atoms with E-state index < -0.39 is 0 Å². The molecule has 22 heavy (non-hydrogen) atoms. The lowest BCUT2D eigenvalue weighted by atomic mass is 10.1. The molecule has 0 aliphatic carbocycles. The van der Waals surface area contributed by atoms with Gasteiger partial charge in [-0.15, -0.1) is 0 Å². The summed E-state index contributed by atoms with van der Waals surface area (Å²) in [4.78, 5) is 14.3. The van der Waals surface area contributed by atoms with Crippen molar-refractivity contribution in [1.82, 2.24) is 4.90 Å². The normalized spacial score (nSPS) is 11.1. The minimum atomic E-state index is 0.0411. The van der Waals surface area contributed by atoms with Crippen LogP contribution in [0, 0.1) is 6.92 Å². The van der Waals surface area contributed by atoms with Gasteiger partial charge >= 0.3 is 0 Å². The van der Waals surface area contributed by atoms with E-state index in [1.54, 1.807) is 6.08 Å². The van der Waals surface area contributed by atoms with Crippen molar-refractivity contribution in [3.63, 3.8) is 0 Å². The molecule has 0 saturated heterocycles. The highest BCUT2D eigenvalue weighted by Gasteiger charge is 2.14. The van der Waals surface area contributed by atoms with E-state index in [9.17, 15) is 4.79 Å². The largest absolute Gasteiger partial charge is 0.332 e. The van der Waals surface area contributed by atoms with Gasteiger partial charge in [-0.1, -0.05) is 60.2 Å². The molecule has 2 aromatic carbocycles. The van der Waals surface area contributed by atoms with Crippen molar-refractivity contribution in [2.75, 3.05) is 0 Å². The summed E-state index contributed by atoms with van der Waals surface area (Å²) in [5.41, 5.74) is 3.41. The lowest BCUT2D eigenvalue weighted by molar-refractivity contribution is -0.128. The third-order valence-corrected chi connectivity index (χ3v) is 3.60. The summed E-state index contributed by atoms with van der Waals surface area (Å²) in [7, 11) is 0. The highest BCUT2D eigenvalue weighted by atomic mass is 16.2. The molecule has 0 saturated carbocycles. The lowest BCUT2D eigenvalue weighted by Gasteiger charge is -2.25. The molecule has 0 aliphatic heterocycles. The van der Waals surface area contributed by atoms with Crippen molar-refractivity contribution in [2.24, 2.45) is 0 Å². The number of nitrogens with zero attached hydrogens (tertiary/aromatic N) is 1. The maximum absolute atomic E-state index is 12.5. The summed E-state index contributed by atoms with van der Waals surface area (Å²) in [6.07, 6.45) is 3.54. The van der Waals surface area contributed by atoms with Gasteiger partial charge in [0.05, 0.1) is 0 Å². The van der Waals surface area contributed by atoms with Crippen LogP contribution in [0.5, 0.6) is 0 Å². The van der Waals surface area contributed by atoms with Gasteiger partial charge in [0.25, 0.3) is 0 Å². The average Bonchev–Trinajstić information content (AvgIpc) is 2.52. The number of benzene rings is 2. The fourth-order valence-corrected chi connectivity index (χ4v) is 2.24. The maximum Gasteiger partial charge on any atom is 0.247 e. The molecule has 0 aromatic heterocycles. The van der Waals surface area contributed by atoms with Gasteiger partial charge in [-0.2, -0.15) is 0 Å². The van der Waals surface area contributed by atoms with Crippen molar-refractivity contribution in [3.8, 4) is 0 Å². The second kappa shape index (κ2) is 7.60. The fourth-order valence-electron chi connectivity index (χ4n) is 2.24. The molecule has 2 aromatic rings. The Hall–Kier alpha value is -2.35. The molecule has 0 radical (unpaired) electrons. The van der Waals surface area contributed by atoms with Crippen molar-refractivity contribution in [2.45, 2.75) is 33.4 Å². The van der Waals surface area contributed by atoms with Crippen LogP contribution < -0.4 is 0 Å². The minimum absolute atomic E-state index is 0.0411. The number of amides is 1. The van der Waals surface area contributed by atoms with Crippen molar-refractivity contribution in [3.05, 3.63) is 77.4 Å². The molecular formula is C20H23NO. The average molecular weight is 293 g/mol. The van der Waals surface area contributed by atoms with E-state index in [2.05, 4.69) is 6.92 Å². The van der Waals surface area contributed by atoms with Crippen LogP contribution in [0.3, 0.4) is 0 Å². The smallest absolute Gasteiger partial charge is 0.247 e. The Morgan fingerprint density at radius 2 is 1.68 bits per heavy atom. The van der Waals surface area contributed by atoms with Gasteiger partial charge in [-0.25, -0.2) is 0 Å². The Balaban J connectivity index is 2.08. The summed E-state index contributed by atoms with van der Waals surface area (Å²) in [5.74, 6) is 0.0411. The van der Waals surface area contributed by atoms with E-state index in [1.807, 2.05) is 79.4 Å². The maximum atomic E-state index is 12.5. The molecule has 0 unspecified atom stereocenters. The molecule has 2 rings (SSSR count). The number of carbonyl (C=O) groups is 1. The number of hydrogen-bond donors (Lipinski definition) is 0. The van der Waals surface area contributed by atoms with Gasteiger partial charge < -0.3 is 4.90 Å². The van der Waals surface area contributed by atoms with Gasteiger partial charge in [0.1, 0.15) is 0 Å². The van der Waals surface area contributed by atoms with Gasteiger partial charge in [-0.3, -0.25) is 4.79 Å². The van der Waals surface area contributed by atoms with Crippen molar-refractivity contribution >= 4 is 12.0 Å². The first-order valence-corrected chi connectivity index (χ1v) is 7.65. The van der Waals surface area contributed by atoms with Crippen LogP contribution in [0.1, 0.15) is 30.5 Å². The van der Waals surface area contributed by atoms with Crippen molar-refractivity contribution in [1.29, 1.82) is 0 Å². The van der Waals surface area contributed by atoms with Gasteiger partial charge in [0.2, 0.25) is 5.91 Å². The molecule has 1 amide bonds. The molecule has 0 spiro atoms. The van der Waals surface area contributed by atoms with Gasteiger partial charge in [-0.05, 0) is 38.0 Å². The number of hydrogen-bond acceptors (Lipinski definition) is 1. The summed E-state index contributed by atoms with van der Waals surface area (Å²) < 4.78 is 0. The molecule has 0 N–H and O–H groups in total. The first kappa shape index (κ1) is 16.0. The van der Waals surface area contributed by atoms with Crippen LogP contribution in [0.25, 0.3) is 6.08 Å². The molecule has 114 valence electrons. The Kier molecular flexibility index (Phi) is 5.54. The van der Waals surface area contributed by atoms with Crippen LogP contribution in [0.2, 0.25) is 0 Å². The zero-order chi connectivity index (χ0) is 15.9. The van der Waals surface area contributed by atoms with E-state index in [4.69, 9.17) is 0 Å². The summed E-state index contributed by atoms with van der Waals surface area (Å²) in [5, 5.41) is 0. The Morgan fingerprint density at radius 3 is 2.27 bits per heavy atom. The zero-order valence-electron chi connectivity index (χ0n) is 13.5. The highest BCUT2D eigenvalue weighted by Crippen LogP contribution is 2.11. The highest BCUT2D eigenvalue weighted by molar-refractivity contribution is 5.91. The number of rotatable bonds is 5. The summed E-state index contributed by atoms with van der Waals surface area (Å²) >= 11 is 0. The van der Waals surface area contributed by atoms with Crippen LogP contribution in [0.4, 0.5) is 0 Å². The molecule has 0 bridgehead atoms. The van der Waals surface area contributed by atoms with Gasteiger partial charge in [0.15, 0.2) is 0 Å². The minimum Gasteiger partial charge on any atom is -0.332 e. The fraction of sp³-hybridized carbons (Fsp3) is 0.250. The van der Waals surface area contributed by atoms with E-state index in [0.29, 0.717) is 6.54 Å². The third kappa shape index (κ3) is 4.59. The molecule has 0 fully saturated rings. The predicted octanol–water partition coefficient (Wildman–Crippen LogP) is 4.45. The van der Waals surface area contributed by atoms with Crippen LogP contribution in [-0.2, 0) is 11.3 Å². The molecule has 0 heterocycles. The second-order valence-corrected chi connectivity index (χ2v) is 5.79.